The molecule has 1 saturated heterocycles. The summed E-state index contributed by atoms with van der Waals surface area (Å²) < 4.78 is 0. The fraction of sp³-hybridized carbons (Fsp3) is 0.562. The fourth-order valence-corrected chi connectivity index (χ4v) is 3.56. The Kier molecular flexibility index (Phi) is 3.51. The summed E-state index contributed by atoms with van der Waals surface area (Å²) in [7, 11) is 2.14. The maximum atomic E-state index is 11.4. The van der Waals surface area contributed by atoms with Gasteiger partial charge in [-0.15, -0.1) is 0 Å². The van der Waals surface area contributed by atoms with Crippen LogP contribution >= 0.6 is 11.6 Å². The first kappa shape index (κ1) is 13.9. The highest BCUT2D eigenvalue weighted by Gasteiger charge is 2.51. The van der Waals surface area contributed by atoms with Crippen LogP contribution in [0.4, 0.5) is 0 Å². The molecule has 4 heteroatoms. The van der Waals surface area contributed by atoms with E-state index < -0.39 is 11.4 Å². The van der Waals surface area contributed by atoms with Gasteiger partial charge in [0.15, 0.2) is 0 Å². The van der Waals surface area contributed by atoms with Gasteiger partial charge < -0.3 is 10.0 Å². The first-order chi connectivity index (χ1) is 9.53. The fourth-order valence-electron chi connectivity index (χ4n) is 3.23. The van der Waals surface area contributed by atoms with E-state index in [1.165, 1.54) is 5.56 Å². The van der Waals surface area contributed by atoms with Crippen molar-refractivity contribution in [3.8, 4) is 0 Å². The van der Waals surface area contributed by atoms with Crippen LogP contribution in [0.3, 0.4) is 0 Å². The quantitative estimate of drug-likeness (QED) is 0.930. The van der Waals surface area contributed by atoms with Crippen LogP contribution in [0.5, 0.6) is 0 Å². The average molecular weight is 294 g/mol. The molecule has 3 rings (SSSR count). The van der Waals surface area contributed by atoms with E-state index in [9.17, 15) is 9.90 Å². The van der Waals surface area contributed by atoms with E-state index in [2.05, 4.69) is 18.0 Å². The van der Waals surface area contributed by atoms with E-state index in [0.29, 0.717) is 5.92 Å². The molecule has 1 aromatic rings. The molecule has 1 aliphatic heterocycles. The number of hydrogen-bond donors (Lipinski definition) is 1. The minimum Gasteiger partial charge on any atom is -0.481 e. The Labute approximate surface area is 124 Å². The Hall–Kier alpha value is -1.06. The minimum atomic E-state index is -0.722. The van der Waals surface area contributed by atoms with Crippen LogP contribution in [0.2, 0.25) is 5.02 Å². The summed E-state index contributed by atoms with van der Waals surface area (Å²) >= 11 is 6.43. The lowest BCUT2D eigenvalue weighted by Gasteiger charge is -2.30. The zero-order valence-corrected chi connectivity index (χ0v) is 12.5. The molecule has 0 radical (unpaired) electrons. The molecule has 0 spiro atoms. The van der Waals surface area contributed by atoms with Crippen LogP contribution in [-0.2, 0) is 10.2 Å². The van der Waals surface area contributed by atoms with Gasteiger partial charge in [-0.3, -0.25) is 4.79 Å². The van der Waals surface area contributed by atoms with Crippen LogP contribution < -0.4 is 0 Å². The van der Waals surface area contributed by atoms with Crippen molar-refractivity contribution < 1.29 is 9.90 Å². The lowest BCUT2D eigenvalue weighted by atomic mass is 9.87. The van der Waals surface area contributed by atoms with E-state index in [1.807, 2.05) is 12.1 Å². The molecular formula is C16H20ClNO2. The number of rotatable bonds is 3. The second kappa shape index (κ2) is 5.05. The first-order valence-corrected chi connectivity index (χ1v) is 7.62. The van der Waals surface area contributed by atoms with E-state index in [4.69, 9.17) is 11.6 Å². The van der Waals surface area contributed by atoms with E-state index >= 15 is 0 Å². The topological polar surface area (TPSA) is 40.5 Å². The summed E-state index contributed by atoms with van der Waals surface area (Å²) in [6.45, 7) is 2.20. The number of halogens is 1. The second-order valence-electron chi connectivity index (χ2n) is 6.20. The number of carbonyl (C=O) groups is 1. The molecule has 0 amide bonds. The summed E-state index contributed by atoms with van der Waals surface area (Å²) in [6.07, 6.45) is 3.71. The van der Waals surface area contributed by atoms with E-state index in [0.717, 1.165) is 49.4 Å². The minimum absolute atomic E-state index is 0.507. The number of carboxylic acids is 1. The van der Waals surface area contributed by atoms with Gasteiger partial charge in [-0.1, -0.05) is 23.7 Å². The highest BCUT2D eigenvalue weighted by atomic mass is 35.5. The monoisotopic (exact) mass is 293 g/mol. The van der Waals surface area contributed by atoms with Gasteiger partial charge >= 0.3 is 5.97 Å². The van der Waals surface area contributed by atoms with Crippen LogP contribution in [0.15, 0.2) is 18.2 Å². The zero-order chi connectivity index (χ0) is 14.3. The third-order valence-corrected chi connectivity index (χ3v) is 5.20. The Bertz CT molecular complexity index is 531. The van der Waals surface area contributed by atoms with Gasteiger partial charge in [0.1, 0.15) is 0 Å². The molecule has 1 N–H and O–H groups in total. The van der Waals surface area contributed by atoms with E-state index in [1.54, 1.807) is 0 Å². The molecule has 20 heavy (non-hydrogen) atoms. The van der Waals surface area contributed by atoms with Crippen LogP contribution in [0, 0.1) is 0 Å². The van der Waals surface area contributed by atoms with Gasteiger partial charge in [0.05, 0.1) is 5.41 Å². The Balaban J connectivity index is 1.83. The first-order valence-electron chi connectivity index (χ1n) is 7.25. The SMILES string of the molecule is CN1CCC(c2ccc(C3(C(=O)O)CC3)cc2Cl)CC1. The van der Waals surface area contributed by atoms with Crippen molar-refractivity contribution in [1.82, 2.24) is 4.90 Å². The molecule has 2 fully saturated rings. The van der Waals surface area contributed by atoms with Crippen molar-refractivity contribution in [2.75, 3.05) is 20.1 Å². The number of benzene rings is 1. The second-order valence-corrected chi connectivity index (χ2v) is 6.61. The predicted octanol–water partition coefficient (Wildman–Crippen LogP) is 3.27. The van der Waals surface area contributed by atoms with Gasteiger partial charge in [0, 0.05) is 5.02 Å². The third-order valence-electron chi connectivity index (χ3n) is 4.87. The summed E-state index contributed by atoms with van der Waals surface area (Å²) in [5.41, 5.74) is 1.39. The highest BCUT2D eigenvalue weighted by Crippen LogP contribution is 2.49. The number of hydrogen-bond acceptors (Lipinski definition) is 2. The maximum Gasteiger partial charge on any atom is 0.314 e. The highest BCUT2D eigenvalue weighted by molar-refractivity contribution is 6.31. The summed E-state index contributed by atoms with van der Waals surface area (Å²) in [6, 6.07) is 5.91. The lowest BCUT2D eigenvalue weighted by Crippen LogP contribution is -2.29. The number of nitrogens with zero attached hydrogens (tertiary/aromatic N) is 1. The molecule has 1 aliphatic carbocycles. The van der Waals surface area contributed by atoms with Crippen molar-refractivity contribution in [1.29, 1.82) is 0 Å². The predicted molar refractivity (Wildman–Crippen MR) is 79.5 cm³/mol. The molecule has 0 bridgehead atoms. The van der Waals surface area contributed by atoms with Crippen LogP contribution in [-0.4, -0.2) is 36.1 Å². The van der Waals surface area contributed by atoms with Crippen molar-refractivity contribution in [3.05, 3.63) is 34.3 Å². The molecule has 3 nitrogen and oxygen atoms in total. The average Bonchev–Trinajstić information content (AvgIpc) is 3.21. The Morgan fingerprint density at radius 1 is 1.35 bits per heavy atom. The molecule has 0 unspecified atom stereocenters. The number of piperidine rings is 1. The largest absolute Gasteiger partial charge is 0.481 e. The lowest BCUT2D eigenvalue weighted by molar-refractivity contribution is -0.140. The maximum absolute atomic E-state index is 11.4. The van der Waals surface area contributed by atoms with Crippen molar-refractivity contribution in [2.45, 2.75) is 37.0 Å². The number of likely N-dealkylation sites (tertiary alicyclic amines) is 1. The summed E-state index contributed by atoms with van der Waals surface area (Å²) in [5, 5.41) is 10.1. The van der Waals surface area contributed by atoms with Gasteiger partial charge in [-0.05, 0) is 68.9 Å². The molecule has 1 heterocycles. The molecule has 2 aliphatic rings. The standard InChI is InChI=1S/C16H20ClNO2/c1-18-8-4-11(5-9-18)13-3-2-12(10-14(13)17)16(6-7-16)15(19)20/h2-3,10-11H,4-9H2,1H3,(H,19,20). The van der Waals surface area contributed by atoms with Gasteiger partial charge in [0.2, 0.25) is 0 Å². The van der Waals surface area contributed by atoms with Gasteiger partial charge in [0.25, 0.3) is 0 Å². The summed E-state index contributed by atoms with van der Waals surface area (Å²) in [5.74, 6) is -0.215. The van der Waals surface area contributed by atoms with E-state index in [-0.39, 0.29) is 0 Å². The van der Waals surface area contributed by atoms with Gasteiger partial charge in [-0.2, -0.15) is 0 Å². The Morgan fingerprint density at radius 2 is 2.00 bits per heavy atom. The summed E-state index contributed by atoms with van der Waals surface area (Å²) in [4.78, 5) is 13.7. The molecule has 0 atom stereocenters. The number of aliphatic carboxylic acids is 1. The molecule has 1 saturated carbocycles. The van der Waals surface area contributed by atoms with Crippen molar-refractivity contribution in [3.63, 3.8) is 0 Å². The number of carboxylic acid groups (broad SMARTS) is 1. The molecule has 0 aromatic heterocycles. The normalized spacial score (nSPS) is 22.7. The molecule has 1 aromatic carbocycles. The Morgan fingerprint density at radius 3 is 2.50 bits per heavy atom. The van der Waals surface area contributed by atoms with Crippen LogP contribution in [0.25, 0.3) is 0 Å². The van der Waals surface area contributed by atoms with Crippen molar-refractivity contribution >= 4 is 17.6 Å². The molecule has 108 valence electrons. The molecular weight excluding hydrogens is 274 g/mol. The van der Waals surface area contributed by atoms with Crippen molar-refractivity contribution in [2.24, 2.45) is 0 Å². The van der Waals surface area contributed by atoms with Gasteiger partial charge in [-0.25, -0.2) is 0 Å². The smallest absolute Gasteiger partial charge is 0.314 e. The third kappa shape index (κ3) is 2.33. The zero-order valence-electron chi connectivity index (χ0n) is 11.7. The van der Waals surface area contributed by atoms with Crippen LogP contribution in [0.1, 0.15) is 42.7 Å².